The van der Waals surface area contributed by atoms with Gasteiger partial charge in [-0.15, -0.1) is 0 Å². The highest BCUT2D eigenvalue weighted by atomic mass is 35.5. The molecule has 11 heteroatoms. The zero-order valence-electron chi connectivity index (χ0n) is 15.1. The number of carbonyl (C=O) groups excluding carboxylic acids is 2. The van der Waals surface area contributed by atoms with Crippen LogP contribution >= 0.6 is 11.6 Å². The standard InChI is InChI=1S/C16H22ClN3O6S/c1-11-13(3-4-15(22)26-9-14(21)18-6-7-25-2)16(17)20(19-11)12-5-8-27(23,24)10-12/h3-4,12H,5-10H2,1-2H3,(H,18,21)/b4-3+/t12-/m1/s1. The second kappa shape index (κ2) is 9.34. The lowest BCUT2D eigenvalue weighted by atomic mass is 10.2. The summed E-state index contributed by atoms with van der Waals surface area (Å²) in [6, 6.07) is -0.314. The van der Waals surface area contributed by atoms with Gasteiger partial charge in [-0.3, -0.25) is 4.79 Å². The van der Waals surface area contributed by atoms with Crippen molar-refractivity contribution in [3.8, 4) is 0 Å². The van der Waals surface area contributed by atoms with E-state index in [2.05, 4.69) is 10.4 Å². The molecule has 9 nitrogen and oxygen atoms in total. The topological polar surface area (TPSA) is 117 Å². The molecule has 2 rings (SSSR count). The van der Waals surface area contributed by atoms with Crippen LogP contribution in [0.3, 0.4) is 0 Å². The molecule has 0 radical (unpaired) electrons. The Morgan fingerprint density at radius 2 is 2.19 bits per heavy atom. The lowest BCUT2D eigenvalue weighted by molar-refractivity contribution is -0.143. The molecule has 0 unspecified atom stereocenters. The number of methoxy groups -OCH3 is 1. The van der Waals surface area contributed by atoms with E-state index in [1.807, 2.05) is 0 Å². The third-order valence-corrected chi connectivity index (χ3v) is 6.11. The Hall–Kier alpha value is -1.91. The highest BCUT2D eigenvalue weighted by Crippen LogP contribution is 2.30. The molecular weight excluding hydrogens is 398 g/mol. The fraction of sp³-hybridized carbons (Fsp3) is 0.562. The van der Waals surface area contributed by atoms with Crippen molar-refractivity contribution in [2.45, 2.75) is 19.4 Å². The van der Waals surface area contributed by atoms with Crippen molar-refractivity contribution in [3.05, 3.63) is 22.5 Å². The third-order valence-electron chi connectivity index (χ3n) is 3.99. The van der Waals surface area contributed by atoms with Crippen LogP contribution in [-0.2, 0) is 28.9 Å². The number of halogens is 1. The molecule has 1 aromatic heterocycles. The second-order valence-corrected chi connectivity index (χ2v) is 8.66. The minimum Gasteiger partial charge on any atom is -0.452 e. The summed E-state index contributed by atoms with van der Waals surface area (Å²) in [5, 5.41) is 7.08. The third kappa shape index (κ3) is 6.05. The first kappa shape index (κ1) is 21.4. The number of hydrogen-bond donors (Lipinski definition) is 1. The van der Waals surface area contributed by atoms with Gasteiger partial charge in [-0.2, -0.15) is 5.10 Å². The molecule has 0 saturated carbocycles. The molecule has 0 spiro atoms. The molecule has 150 valence electrons. The zero-order chi connectivity index (χ0) is 20.0. The van der Waals surface area contributed by atoms with E-state index in [0.717, 1.165) is 6.08 Å². The average molecular weight is 420 g/mol. The van der Waals surface area contributed by atoms with Gasteiger partial charge in [-0.1, -0.05) is 11.6 Å². The molecule has 1 N–H and O–H groups in total. The van der Waals surface area contributed by atoms with Crippen molar-refractivity contribution in [3.63, 3.8) is 0 Å². The van der Waals surface area contributed by atoms with Crippen LogP contribution in [0.5, 0.6) is 0 Å². The maximum absolute atomic E-state index is 11.8. The summed E-state index contributed by atoms with van der Waals surface area (Å²) in [7, 11) is -1.56. The van der Waals surface area contributed by atoms with E-state index in [9.17, 15) is 18.0 Å². The van der Waals surface area contributed by atoms with E-state index in [-0.39, 0.29) is 22.7 Å². The van der Waals surface area contributed by atoms with E-state index < -0.39 is 28.3 Å². The molecule has 1 aliphatic heterocycles. The number of ether oxygens (including phenoxy) is 2. The van der Waals surface area contributed by atoms with Crippen LogP contribution in [0.15, 0.2) is 6.08 Å². The molecule has 1 aliphatic rings. The van der Waals surface area contributed by atoms with E-state index in [1.165, 1.54) is 17.9 Å². The second-order valence-electron chi connectivity index (χ2n) is 6.08. The Bertz CT molecular complexity index is 833. The smallest absolute Gasteiger partial charge is 0.331 e. The van der Waals surface area contributed by atoms with Crippen molar-refractivity contribution < 1.29 is 27.5 Å². The number of rotatable bonds is 8. The largest absolute Gasteiger partial charge is 0.452 e. The molecule has 1 saturated heterocycles. The number of carbonyl (C=O) groups is 2. The number of aryl methyl sites for hydroxylation is 1. The van der Waals surface area contributed by atoms with E-state index >= 15 is 0 Å². The van der Waals surface area contributed by atoms with Gasteiger partial charge in [-0.05, 0) is 19.4 Å². The summed E-state index contributed by atoms with van der Waals surface area (Å²) in [6.45, 7) is 2.00. The van der Waals surface area contributed by atoms with Crippen molar-refractivity contribution in [2.24, 2.45) is 0 Å². The fourth-order valence-corrected chi connectivity index (χ4v) is 4.68. The summed E-state index contributed by atoms with van der Waals surface area (Å²) in [5.41, 5.74) is 1.06. The lowest BCUT2D eigenvalue weighted by Gasteiger charge is -2.09. The van der Waals surface area contributed by atoms with Gasteiger partial charge >= 0.3 is 5.97 Å². The van der Waals surface area contributed by atoms with Gasteiger partial charge in [0.1, 0.15) is 5.15 Å². The van der Waals surface area contributed by atoms with Crippen LogP contribution in [0, 0.1) is 6.92 Å². The molecular formula is C16H22ClN3O6S. The van der Waals surface area contributed by atoms with Gasteiger partial charge in [0.2, 0.25) is 0 Å². The summed E-state index contributed by atoms with van der Waals surface area (Å²) in [6.07, 6.45) is 3.04. The van der Waals surface area contributed by atoms with E-state index in [1.54, 1.807) is 6.92 Å². The molecule has 1 fully saturated rings. The minimum atomic E-state index is -3.07. The number of hydrogen-bond acceptors (Lipinski definition) is 7. The summed E-state index contributed by atoms with van der Waals surface area (Å²) < 4.78 is 34.4. The zero-order valence-corrected chi connectivity index (χ0v) is 16.7. The van der Waals surface area contributed by atoms with Crippen molar-refractivity contribution >= 4 is 39.4 Å². The maximum atomic E-state index is 11.8. The number of nitrogens with one attached hydrogen (secondary N) is 1. The predicted octanol–water partition coefficient (Wildman–Crippen LogP) is 0.524. The first-order valence-corrected chi connectivity index (χ1v) is 10.5. The SMILES string of the molecule is COCCNC(=O)COC(=O)/C=C/c1c(C)nn([C@@H]2CCS(=O)(=O)C2)c1Cl. The Morgan fingerprint density at radius 3 is 2.81 bits per heavy atom. The molecule has 0 bridgehead atoms. The number of sulfone groups is 1. The van der Waals surface area contributed by atoms with Crippen LogP contribution in [0.2, 0.25) is 5.15 Å². The van der Waals surface area contributed by atoms with Crippen LogP contribution in [-0.4, -0.2) is 68.4 Å². The molecule has 2 heterocycles. The lowest BCUT2D eigenvalue weighted by Crippen LogP contribution is -2.31. The van der Waals surface area contributed by atoms with Gasteiger partial charge in [0.05, 0.1) is 29.8 Å². The summed E-state index contributed by atoms with van der Waals surface area (Å²) in [5.74, 6) is -1.03. The van der Waals surface area contributed by atoms with Crippen LogP contribution in [0.25, 0.3) is 6.08 Å². The Balaban J connectivity index is 1.95. The Morgan fingerprint density at radius 1 is 1.44 bits per heavy atom. The van der Waals surface area contributed by atoms with E-state index in [4.69, 9.17) is 21.1 Å². The first-order chi connectivity index (χ1) is 12.7. The number of nitrogens with zero attached hydrogens (tertiary/aromatic N) is 2. The predicted molar refractivity (Wildman–Crippen MR) is 99.2 cm³/mol. The quantitative estimate of drug-likeness (QED) is 0.371. The monoisotopic (exact) mass is 419 g/mol. The normalized spacial score (nSPS) is 18.7. The molecule has 27 heavy (non-hydrogen) atoms. The van der Waals surface area contributed by atoms with Crippen molar-refractivity contribution in [1.29, 1.82) is 0 Å². The number of aromatic nitrogens is 2. The first-order valence-electron chi connectivity index (χ1n) is 8.29. The summed E-state index contributed by atoms with van der Waals surface area (Å²) in [4.78, 5) is 23.2. The maximum Gasteiger partial charge on any atom is 0.331 e. The molecule has 1 amide bonds. The van der Waals surface area contributed by atoms with Crippen LogP contribution in [0.4, 0.5) is 0 Å². The van der Waals surface area contributed by atoms with Crippen LogP contribution in [0.1, 0.15) is 23.7 Å². The molecule has 0 aromatic carbocycles. The highest BCUT2D eigenvalue weighted by molar-refractivity contribution is 7.91. The van der Waals surface area contributed by atoms with Crippen molar-refractivity contribution in [1.82, 2.24) is 15.1 Å². The minimum absolute atomic E-state index is 0.00276. The van der Waals surface area contributed by atoms with E-state index in [0.29, 0.717) is 30.8 Å². The summed E-state index contributed by atoms with van der Waals surface area (Å²) >= 11 is 6.31. The Labute approximate surface area is 162 Å². The van der Waals surface area contributed by atoms with Gasteiger partial charge in [0, 0.05) is 25.3 Å². The molecule has 1 atom stereocenters. The molecule has 1 aromatic rings. The van der Waals surface area contributed by atoms with Gasteiger partial charge in [0.15, 0.2) is 16.4 Å². The molecule has 0 aliphatic carbocycles. The highest BCUT2D eigenvalue weighted by Gasteiger charge is 2.31. The van der Waals surface area contributed by atoms with Gasteiger partial charge in [0.25, 0.3) is 5.91 Å². The van der Waals surface area contributed by atoms with Crippen molar-refractivity contribution in [2.75, 3.05) is 38.4 Å². The average Bonchev–Trinajstić information content (AvgIpc) is 3.10. The fourth-order valence-electron chi connectivity index (χ4n) is 2.61. The van der Waals surface area contributed by atoms with Gasteiger partial charge in [-0.25, -0.2) is 17.9 Å². The number of esters is 1. The van der Waals surface area contributed by atoms with Gasteiger partial charge < -0.3 is 14.8 Å². The Kier molecular flexibility index (Phi) is 7.40. The van der Waals surface area contributed by atoms with Crippen LogP contribution < -0.4 is 5.32 Å². The number of amides is 1.